The lowest BCUT2D eigenvalue weighted by atomic mass is 10.1. The maximum absolute atomic E-state index is 9.08. The van der Waals surface area contributed by atoms with Gasteiger partial charge >= 0.3 is 0 Å². The SMILES string of the molecule is Cn1cnc2c1C(CO)NCC2. The van der Waals surface area contributed by atoms with Gasteiger partial charge in [0, 0.05) is 20.0 Å². The third kappa shape index (κ3) is 1.04. The molecule has 1 aliphatic rings. The van der Waals surface area contributed by atoms with Gasteiger partial charge < -0.3 is 15.0 Å². The monoisotopic (exact) mass is 167 g/mol. The van der Waals surface area contributed by atoms with Crippen LogP contribution in [0.5, 0.6) is 0 Å². The molecule has 1 atom stereocenters. The van der Waals surface area contributed by atoms with Crippen molar-refractivity contribution in [2.75, 3.05) is 13.2 Å². The summed E-state index contributed by atoms with van der Waals surface area (Å²) in [4.78, 5) is 4.27. The molecule has 1 aromatic heterocycles. The van der Waals surface area contributed by atoms with E-state index in [9.17, 15) is 0 Å². The minimum Gasteiger partial charge on any atom is -0.394 e. The second-order valence-corrected chi connectivity index (χ2v) is 3.13. The van der Waals surface area contributed by atoms with Gasteiger partial charge in [-0.1, -0.05) is 0 Å². The highest BCUT2D eigenvalue weighted by molar-refractivity contribution is 5.20. The molecule has 1 unspecified atom stereocenters. The van der Waals surface area contributed by atoms with Crippen molar-refractivity contribution in [1.82, 2.24) is 14.9 Å². The standard InChI is InChI=1S/C8H13N3O/c1-11-5-10-6-2-3-9-7(4-12)8(6)11/h5,7,9,12H,2-4H2,1H3. The minimum atomic E-state index is 0.0706. The number of imidazole rings is 1. The van der Waals surface area contributed by atoms with E-state index in [0.29, 0.717) is 0 Å². The average molecular weight is 167 g/mol. The molecule has 0 aliphatic carbocycles. The van der Waals surface area contributed by atoms with Crippen molar-refractivity contribution in [2.45, 2.75) is 12.5 Å². The largest absolute Gasteiger partial charge is 0.394 e. The highest BCUT2D eigenvalue weighted by atomic mass is 16.3. The Kier molecular flexibility index (Phi) is 1.86. The zero-order chi connectivity index (χ0) is 8.55. The molecule has 1 aliphatic heterocycles. The highest BCUT2D eigenvalue weighted by Gasteiger charge is 2.22. The third-order valence-corrected chi connectivity index (χ3v) is 2.33. The van der Waals surface area contributed by atoms with Crippen LogP contribution in [-0.2, 0) is 13.5 Å². The Morgan fingerprint density at radius 3 is 3.42 bits per heavy atom. The Labute approximate surface area is 71.2 Å². The quantitative estimate of drug-likeness (QED) is 0.598. The molecule has 2 N–H and O–H groups in total. The molecule has 0 saturated heterocycles. The number of fused-ring (bicyclic) bond motifs is 1. The number of aryl methyl sites for hydroxylation is 1. The van der Waals surface area contributed by atoms with E-state index in [1.807, 2.05) is 11.6 Å². The first-order valence-corrected chi connectivity index (χ1v) is 4.17. The number of nitrogens with one attached hydrogen (secondary N) is 1. The molecular weight excluding hydrogens is 154 g/mol. The Balaban J connectivity index is 2.41. The molecule has 4 nitrogen and oxygen atoms in total. The average Bonchev–Trinajstić information content (AvgIpc) is 2.48. The molecule has 2 rings (SSSR count). The van der Waals surface area contributed by atoms with Gasteiger partial charge in [-0.05, 0) is 0 Å². The summed E-state index contributed by atoms with van der Waals surface area (Å²) in [6, 6.07) is 0.0706. The van der Waals surface area contributed by atoms with Gasteiger partial charge in [-0.25, -0.2) is 4.98 Å². The molecule has 1 aromatic rings. The number of nitrogens with zero attached hydrogens (tertiary/aromatic N) is 2. The van der Waals surface area contributed by atoms with Crippen LogP contribution in [0.4, 0.5) is 0 Å². The summed E-state index contributed by atoms with van der Waals surface area (Å²) in [5, 5.41) is 12.3. The van der Waals surface area contributed by atoms with Crippen LogP contribution >= 0.6 is 0 Å². The maximum Gasteiger partial charge on any atom is 0.0949 e. The van der Waals surface area contributed by atoms with E-state index in [-0.39, 0.29) is 12.6 Å². The van der Waals surface area contributed by atoms with Crippen molar-refractivity contribution < 1.29 is 5.11 Å². The predicted octanol–water partition coefficient (Wildman–Crippen LogP) is -0.401. The molecule has 0 bridgehead atoms. The first-order chi connectivity index (χ1) is 5.83. The van der Waals surface area contributed by atoms with Crippen molar-refractivity contribution in [3.8, 4) is 0 Å². The van der Waals surface area contributed by atoms with E-state index in [1.54, 1.807) is 6.33 Å². The van der Waals surface area contributed by atoms with Crippen LogP contribution in [0.15, 0.2) is 6.33 Å². The number of hydrogen-bond acceptors (Lipinski definition) is 3. The lowest BCUT2D eigenvalue weighted by molar-refractivity contribution is 0.235. The topological polar surface area (TPSA) is 50.1 Å². The van der Waals surface area contributed by atoms with Gasteiger partial charge in [-0.2, -0.15) is 0 Å². The Bertz CT molecular complexity index is 282. The van der Waals surface area contributed by atoms with E-state index < -0.39 is 0 Å². The number of rotatable bonds is 1. The fraction of sp³-hybridized carbons (Fsp3) is 0.625. The molecule has 2 heterocycles. The molecule has 66 valence electrons. The fourth-order valence-corrected chi connectivity index (χ4v) is 1.74. The smallest absolute Gasteiger partial charge is 0.0949 e. The molecule has 0 spiro atoms. The highest BCUT2D eigenvalue weighted by Crippen LogP contribution is 2.20. The predicted molar refractivity (Wildman–Crippen MR) is 44.7 cm³/mol. The van der Waals surface area contributed by atoms with E-state index in [1.165, 1.54) is 0 Å². The van der Waals surface area contributed by atoms with Crippen LogP contribution in [0.2, 0.25) is 0 Å². The van der Waals surface area contributed by atoms with Crippen LogP contribution in [0.1, 0.15) is 17.4 Å². The Morgan fingerprint density at radius 1 is 1.83 bits per heavy atom. The van der Waals surface area contributed by atoms with Crippen LogP contribution in [-0.4, -0.2) is 27.8 Å². The molecule has 0 aromatic carbocycles. The summed E-state index contributed by atoms with van der Waals surface area (Å²) in [7, 11) is 1.96. The zero-order valence-corrected chi connectivity index (χ0v) is 7.12. The van der Waals surface area contributed by atoms with E-state index >= 15 is 0 Å². The van der Waals surface area contributed by atoms with Crippen LogP contribution < -0.4 is 5.32 Å². The van der Waals surface area contributed by atoms with Crippen LogP contribution in [0.3, 0.4) is 0 Å². The number of aliphatic hydroxyl groups is 1. The van der Waals surface area contributed by atoms with E-state index in [0.717, 1.165) is 24.4 Å². The van der Waals surface area contributed by atoms with Crippen molar-refractivity contribution in [3.63, 3.8) is 0 Å². The lowest BCUT2D eigenvalue weighted by Crippen LogP contribution is -2.33. The first-order valence-electron chi connectivity index (χ1n) is 4.17. The zero-order valence-electron chi connectivity index (χ0n) is 7.12. The fourth-order valence-electron chi connectivity index (χ4n) is 1.74. The van der Waals surface area contributed by atoms with Crippen LogP contribution in [0.25, 0.3) is 0 Å². The van der Waals surface area contributed by atoms with Gasteiger partial charge in [0.15, 0.2) is 0 Å². The van der Waals surface area contributed by atoms with E-state index in [4.69, 9.17) is 5.11 Å². The van der Waals surface area contributed by atoms with Crippen molar-refractivity contribution in [3.05, 3.63) is 17.7 Å². The van der Waals surface area contributed by atoms with Gasteiger partial charge in [0.1, 0.15) is 0 Å². The maximum atomic E-state index is 9.08. The summed E-state index contributed by atoms with van der Waals surface area (Å²) < 4.78 is 1.97. The second kappa shape index (κ2) is 2.88. The molecule has 0 radical (unpaired) electrons. The third-order valence-electron chi connectivity index (χ3n) is 2.33. The summed E-state index contributed by atoms with van der Waals surface area (Å²) in [5.41, 5.74) is 2.25. The lowest BCUT2D eigenvalue weighted by Gasteiger charge is -2.22. The van der Waals surface area contributed by atoms with Gasteiger partial charge in [0.25, 0.3) is 0 Å². The summed E-state index contributed by atoms with van der Waals surface area (Å²) in [5.74, 6) is 0. The molecule has 0 saturated carbocycles. The molecule has 4 heteroatoms. The van der Waals surface area contributed by atoms with Crippen LogP contribution in [0, 0.1) is 0 Å². The normalized spacial score (nSPS) is 22.3. The van der Waals surface area contributed by atoms with Gasteiger partial charge in [0.2, 0.25) is 0 Å². The Morgan fingerprint density at radius 2 is 2.67 bits per heavy atom. The summed E-state index contributed by atoms with van der Waals surface area (Å²) in [6.07, 6.45) is 2.77. The van der Waals surface area contributed by atoms with Gasteiger partial charge in [-0.3, -0.25) is 0 Å². The molecule has 12 heavy (non-hydrogen) atoms. The van der Waals surface area contributed by atoms with Crippen molar-refractivity contribution in [1.29, 1.82) is 0 Å². The number of hydrogen-bond donors (Lipinski definition) is 2. The first kappa shape index (κ1) is 7.76. The molecular formula is C8H13N3O. The van der Waals surface area contributed by atoms with Crippen molar-refractivity contribution in [2.24, 2.45) is 7.05 Å². The number of aromatic nitrogens is 2. The second-order valence-electron chi connectivity index (χ2n) is 3.13. The van der Waals surface area contributed by atoms with E-state index in [2.05, 4.69) is 10.3 Å². The van der Waals surface area contributed by atoms with Crippen molar-refractivity contribution >= 4 is 0 Å². The molecule has 0 fully saturated rings. The Hall–Kier alpha value is -0.870. The van der Waals surface area contributed by atoms with Gasteiger partial charge in [0.05, 0.1) is 30.4 Å². The molecule has 0 amide bonds. The number of aliphatic hydroxyl groups excluding tert-OH is 1. The summed E-state index contributed by atoms with van der Waals surface area (Å²) >= 11 is 0. The summed E-state index contributed by atoms with van der Waals surface area (Å²) in [6.45, 7) is 1.06. The minimum absolute atomic E-state index is 0.0706. The van der Waals surface area contributed by atoms with Gasteiger partial charge in [-0.15, -0.1) is 0 Å².